The van der Waals surface area contributed by atoms with E-state index in [2.05, 4.69) is 16.0 Å². The highest BCUT2D eigenvalue weighted by Crippen LogP contribution is 2.23. The van der Waals surface area contributed by atoms with Crippen LogP contribution in [0.15, 0.2) is 48.5 Å². The van der Waals surface area contributed by atoms with Crippen molar-refractivity contribution >= 4 is 29.3 Å². The Labute approximate surface area is 201 Å². The summed E-state index contributed by atoms with van der Waals surface area (Å²) in [6.45, 7) is 8.56. The van der Waals surface area contributed by atoms with E-state index in [0.717, 1.165) is 38.0 Å². The molecule has 2 aromatic rings. The van der Waals surface area contributed by atoms with Crippen LogP contribution in [-0.2, 0) is 16.1 Å². The van der Waals surface area contributed by atoms with Gasteiger partial charge in [0.2, 0.25) is 5.91 Å². The van der Waals surface area contributed by atoms with Gasteiger partial charge in [-0.25, -0.2) is 4.79 Å². The van der Waals surface area contributed by atoms with Crippen molar-refractivity contribution in [2.24, 2.45) is 0 Å². The number of hydrogen-bond donors (Lipinski definition) is 3. The number of carbonyl (C=O) groups is 3. The van der Waals surface area contributed by atoms with E-state index in [1.807, 2.05) is 17.0 Å². The third-order valence-corrected chi connectivity index (χ3v) is 5.31. The number of para-hydroxylation sites is 2. The number of amides is 3. The molecule has 8 heteroatoms. The fraction of sp³-hybridized carbons (Fsp3) is 0.423. The average Bonchev–Trinajstić information content (AvgIpc) is 3.18. The summed E-state index contributed by atoms with van der Waals surface area (Å²) in [5.74, 6) is -0.00895. The van der Waals surface area contributed by atoms with Crippen LogP contribution < -0.4 is 16.0 Å². The summed E-state index contributed by atoms with van der Waals surface area (Å²) >= 11 is 0. The van der Waals surface area contributed by atoms with Gasteiger partial charge >= 0.3 is 6.09 Å². The van der Waals surface area contributed by atoms with Crippen LogP contribution in [-0.4, -0.2) is 48.0 Å². The maximum absolute atomic E-state index is 12.7. The molecule has 2 aromatic carbocycles. The lowest BCUT2D eigenvalue weighted by atomic mass is 10.1. The van der Waals surface area contributed by atoms with E-state index < -0.39 is 11.7 Å². The Morgan fingerprint density at radius 1 is 1.00 bits per heavy atom. The molecule has 3 rings (SSSR count). The van der Waals surface area contributed by atoms with Crippen LogP contribution in [0, 0.1) is 0 Å². The fourth-order valence-electron chi connectivity index (χ4n) is 3.65. The maximum Gasteiger partial charge on any atom is 0.412 e. The summed E-state index contributed by atoms with van der Waals surface area (Å²) in [5, 5.41) is 8.91. The standard InChI is InChI=1S/C26H34N4O4/c1-26(2,3)34-25(33)29-22-9-5-4-8-21(22)28-24(32)20-13-11-19(12-14-20)18-27-15-7-17-30-16-6-10-23(30)31/h4-5,8-9,11-14,27H,6-7,10,15-18H2,1-3H3,(H,28,32)(H,29,33). The third kappa shape index (κ3) is 7.88. The fourth-order valence-corrected chi connectivity index (χ4v) is 3.65. The Hall–Kier alpha value is -3.39. The molecule has 34 heavy (non-hydrogen) atoms. The molecule has 3 amide bonds. The van der Waals surface area contributed by atoms with E-state index >= 15 is 0 Å². The number of carbonyl (C=O) groups excluding carboxylic acids is 3. The highest BCUT2D eigenvalue weighted by atomic mass is 16.6. The van der Waals surface area contributed by atoms with Gasteiger partial charge in [-0.2, -0.15) is 0 Å². The first-order valence-electron chi connectivity index (χ1n) is 11.7. The van der Waals surface area contributed by atoms with Crippen molar-refractivity contribution in [3.05, 3.63) is 59.7 Å². The molecule has 1 aliphatic rings. The minimum atomic E-state index is -0.619. The molecule has 1 fully saturated rings. The van der Waals surface area contributed by atoms with Crippen molar-refractivity contribution in [2.45, 2.75) is 52.2 Å². The lowest BCUT2D eigenvalue weighted by molar-refractivity contribution is -0.127. The van der Waals surface area contributed by atoms with Gasteiger partial charge in [-0.3, -0.25) is 14.9 Å². The highest BCUT2D eigenvalue weighted by Gasteiger charge is 2.19. The van der Waals surface area contributed by atoms with Crippen molar-refractivity contribution < 1.29 is 19.1 Å². The minimum absolute atomic E-state index is 0.261. The van der Waals surface area contributed by atoms with E-state index in [4.69, 9.17) is 4.74 Å². The van der Waals surface area contributed by atoms with E-state index in [0.29, 0.717) is 29.9 Å². The molecule has 0 spiro atoms. The van der Waals surface area contributed by atoms with Crippen molar-refractivity contribution in [2.75, 3.05) is 30.3 Å². The molecule has 1 aliphatic heterocycles. The number of benzene rings is 2. The zero-order chi connectivity index (χ0) is 24.6. The van der Waals surface area contributed by atoms with Gasteiger partial charge < -0.3 is 20.3 Å². The Morgan fingerprint density at radius 3 is 2.29 bits per heavy atom. The number of nitrogens with zero attached hydrogens (tertiary/aromatic N) is 1. The first-order chi connectivity index (χ1) is 16.2. The molecule has 0 radical (unpaired) electrons. The quantitative estimate of drug-likeness (QED) is 0.476. The van der Waals surface area contributed by atoms with Crippen molar-refractivity contribution in [3.8, 4) is 0 Å². The molecule has 182 valence electrons. The van der Waals surface area contributed by atoms with Crippen molar-refractivity contribution in [3.63, 3.8) is 0 Å². The molecular weight excluding hydrogens is 432 g/mol. The van der Waals surface area contributed by atoms with Gasteiger partial charge in [0.15, 0.2) is 0 Å². The third-order valence-electron chi connectivity index (χ3n) is 5.31. The second-order valence-corrected chi connectivity index (χ2v) is 9.34. The molecule has 8 nitrogen and oxygen atoms in total. The second-order valence-electron chi connectivity index (χ2n) is 9.34. The first-order valence-corrected chi connectivity index (χ1v) is 11.7. The van der Waals surface area contributed by atoms with Gasteiger partial charge in [-0.05, 0) is 70.0 Å². The minimum Gasteiger partial charge on any atom is -0.444 e. The number of hydrogen-bond acceptors (Lipinski definition) is 5. The number of rotatable bonds is 9. The number of likely N-dealkylation sites (tertiary alicyclic amines) is 1. The first kappa shape index (κ1) is 25.2. The lowest BCUT2D eigenvalue weighted by Gasteiger charge is -2.20. The predicted molar refractivity (Wildman–Crippen MR) is 133 cm³/mol. The Kier molecular flexibility index (Phi) is 8.65. The SMILES string of the molecule is CC(C)(C)OC(=O)Nc1ccccc1NC(=O)c1ccc(CNCCCN2CCCC2=O)cc1. The van der Waals surface area contributed by atoms with Crippen LogP contribution in [0.4, 0.5) is 16.2 Å². The van der Waals surface area contributed by atoms with Crippen LogP contribution in [0.3, 0.4) is 0 Å². The van der Waals surface area contributed by atoms with Gasteiger partial charge in [0.05, 0.1) is 11.4 Å². The molecular formula is C26H34N4O4. The van der Waals surface area contributed by atoms with E-state index in [9.17, 15) is 14.4 Å². The summed E-state index contributed by atoms with van der Waals surface area (Å²) in [7, 11) is 0. The van der Waals surface area contributed by atoms with E-state index in [-0.39, 0.29) is 11.8 Å². The Morgan fingerprint density at radius 2 is 1.68 bits per heavy atom. The predicted octanol–water partition coefficient (Wildman–Crippen LogP) is 4.39. The molecule has 1 saturated heterocycles. The average molecular weight is 467 g/mol. The normalized spacial score (nSPS) is 13.6. The van der Waals surface area contributed by atoms with Gasteiger partial charge in [-0.15, -0.1) is 0 Å². The zero-order valence-corrected chi connectivity index (χ0v) is 20.1. The topological polar surface area (TPSA) is 99.8 Å². The lowest BCUT2D eigenvalue weighted by Crippen LogP contribution is -2.28. The van der Waals surface area contributed by atoms with Crippen LogP contribution >= 0.6 is 0 Å². The van der Waals surface area contributed by atoms with Crippen LogP contribution in [0.25, 0.3) is 0 Å². The number of anilines is 2. The second kappa shape index (κ2) is 11.7. The smallest absolute Gasteiger partial charge is 0.412 e. The van der Waals surface area contributed by atoms with Crippen LogP contribution in [0.5, 0.6) is 0 Å². The molecule has 0 bridgehead atoms. The summed E-state index contributed by atoms with van der Waals surface area (Å²) in [6, 6.07) is 14.4. The van der Waals surface area contributed by atoms with Gasteiger partial charge in [0.25, 0.3) is 5.91 Å². The highest BCUT2D eigenvalue weighted by molar-refractivity contribution is 6.06. The van der Waals surface area contributed by atoms with Crippen molar-refractivity contribution in [1.29, 1.82) is 0 Å². The molecule has 0 aliphatic carbocycles. The molecule has 3 N–H and O–H groups in total. The maximum atomic E-state index is 12.7. The largest absolute Gasteiger partial charge is 0.444 e. The summed E-state index contributed by atoms with van der Waals surface area (Å²) in [5.41, 5.74) is 1.91. The Balaban J connectivity index is 1.47. The van der Waals surface area contributed by atoms with Gasteiger partial charge in [0, 0.05) is 31.6 Å². The van der Waals surface area contributed by atoms with Crippen molar-refractivity contribution in [1.82, 2.24) is 10.2 Å². The van der Waals surface area contributed by atoms with Crippen LogP contribution in [0.1, 0.15) is 56.0 Å². The summed E-state index contributed by atoms with van der Waals surface area (Å²) < 4.78 is 5.29. The summed E-state index contributed by atoms with van der Waals surface area (Å²) in [6.07, 6.45) is 1.98. The number of nitrogens with one attached hydrogen (secondary N) is 3. The van der Waals surface area contributed by atoms with E-state index in [1.165, 1.54) is 0 Å². The molecule has 0 saturated carbocycles. The monoisotopic (exact) mass is 466 g/mol. The van der Waals surface area contributed by atoms with Gasteiger partial charge in [0.1, 0.15) is 5.60 Å². The molecule has 0 aromatic heterocycles. The molecule has 1 heterocycles. The molecule has 0 atom stereocenters. The molecule has 0 unspecified atom stereocenters. The van der Waals surface area contributed by atoms with Gasteiger partial charge in [-0.1, -0.05) is 24.3 Å². The summed E-state index contributed by atoms with van der Waals surface area (Å²) in [4.78, 5) is 38.4. The number of ether oxygens (including phenoxy) is 1. The zero-order valence-electron chi connectivity index (χ0n) is 20.1. The van der Waals surface area contributed by atoms with Crippen LogP contribution in [0.2, 0.25) is 0 Å². The Bertz CT molecular complexity index is 999. The van der Waals surface area contributed by atoms with E-state index in [1.54, 1.807) is 57.2 Å².